The molecule has 0 radical (unpaired) electrons. The van der Waals surface area contributed by atoms with E-state index in [1.54, 1.807) is 36.4 Å². The van der Waals surface area contributed by atoms with Gasteiger partial charge in [-0.15, -0.1) is 0 Å². The first kappa shape index (κ1) is 66.9. The number of fused-ring (bicyclic) bond motifs is 3. The number of rotatable bonds is 10. The number of hydrogen-bond donors (Lipinski definition) is 4. The van der Waals surface area contributed by atoms with Gasteiger partial charge in [0.05, 0.1) is 33.2 Å². The molecule has 6 N–H and O–H groups in total. The van der Waals surface area contributed by atoms with Crippen molar-refractivity contribution in [3.63, 3.8) is 0 Å². The average molecular weight is 1390 g/mol. The Hall–Kier alpha value is -7.86. The van der Waals surface area contributed by atoms with E-state index in [1.807, 2.05) is 157 Å². The van der Waals surface area contributed by atoms with Crippen molar-refractivity contribution in [2.45, 2.75) is 0 Å². The number of nitro benzene ring substituents is 2. The predicted molar refractivity (Wildman–Crippen MR) is 332 cm³/mol. The fourth-order valence-corrected chi connectivity index (χ4v) is 7.95. The van der Waals surface area contributed by atoms with Crippen molar-refractivity contribution in [2.75, 3.05) is 87.4 Å². The number of aromatic carboxylic acids is 1. The molecule has 0 saturated carbocycles. The summed E-state index contributed by atoms with van der Waals surface area (Å²) in [7, 11) is 15.8. The standard InChI is InChI=1S/C15H13IN2O.C15H13N3O3.C15H15N3O.C9H11NO2.C6H6N2O3.HI.K/c1-18(2)12-6-3-10(4-7-12)15-17-13-8-5-11(16)9-14(13)19-15;1-17(2)11-5-3-10(4-6-11)15-16-13-8-7-12(18(19)20)9-14(13)21-15;1-18(2)12-6-3-10(4-7-12)15-17-13-8-5-11(16)9-14(13)19-15;1-10(2)8-5-3-7(4-6-8)9(11)12;7-5-2-1-4(8(10)11)3-6(5)9;;/h3-9H,1-2H3;3-9H,1-2H3;3-9H,16H2,1-2H3;3-6H,1-2H3,(H,11,12);1-3,9H,7H2;1H;/q;;;;;;+1/p-1. The van der Waals surface area contributed by atoms with Crippen molar-refractivity contribution >= 4 is 107 Å². The van der Waals surface area contributed by atoms with E-state index in [9.17, 15) is 25.0 Å². The predicted octanol–water partition coefficient (Wildman–Crippen LogP) is 7.12. The minimum atomic E-state index is -0.889. The number of aromatic nitrogens is 3. The van der Waals surface area contributed by atoms with Gasteiger partial charge in [-0.2, -0.15) is 0 Å². The zero-order valence-electron chi connectivity index (χ0n) is 47.3. The molecule has 0 spiro atoms. The molecular formula is C60H58I2KN11O10. The number of aromatic hydroxyl groups is 1. The first-order valence-electron chi connectivity index (χ1n) is 24.9. The Labute approximate surface area is 556 Å². The van der Waals surface area contributed by atoms with Gasteiger partial charge in [-0.25, -0.2) is 19.7 Å². The zero-order valence-corrected chi connectivity index (χ0v) is 54.7. The van der Waals surface area contributed by atoms with Gasteiger partial charge in [0.2, 0.25) is 17.7 Å². The van der Waals surface area contributed by atoms with Crippen LogP contribution in [0, 0.1) is 23.8 Å². The normalized spacial score (nSPS) is 10.2. The number of nitrogens with zero attached hydrogens (tertiary/aromatic N) is 9. The smallest absolute Gasteiger partial charge is 1.00 e. The SMILES string of the molecule is CN(C)c1ccc(-c2nc3ccc(I)cc3o2)cc1.CN(C)c1ccc(-c2nc3ccc(N)cc3o2)cc1.CN(C)c1ccc(-c2nc3ccc([N+](=O)[O-])cc3o2)cc1.CN(C)c1ccc(C(=O)O)cc1.Nc1ccc([N+](=O)[O-])cc1O.[I-].[K+]. The number of carbonyl (C=O) groups is 1. The van der Waals surface area contributed by atoms with Crippen molar-refractivity contribution in [3.8, 4) is 40.1 Å². The molecule has 0 unspecified atom stereocenters. The van der Waals surface area contributed by atoms with Gasteiger partial charge in [0, 0.05) is 123 Å². The van der Waals surface area contributed by atoms with Crippen LogP contribution in [0.2, 0.25) is 0 Å². The Balaban J connectivity index is 0.000000195. The van der Waals surface area contributed by atoms with Gasteiger partial charge in [0.1, 0.15) is 22.3 Å². The van der Waals surface area contributed by atoms with Crippen molar-refractivity contribution in [1.82, 2.24) is 15.0 Å². The number of nitrogens with two attached hydrogens (primary N) is 2. The summed E-state index contributed by atoms with van der Waals surface area (Å²) in [6, 6.07) is 50.2. The van der Waals surface area contributed by atoms with E-state index in [-0.39, 0.29) is 98.2 Å². The Bertz CT molecular complexity index is 3860. The molecule has 0 aliphatic heterocycles. The summed E-state index contributed by atoms with van der Waals surface area (Å²) < 4.78 is 18.3. The fourth-order valence-electron chi connectivity index (χ4n) is 7.49. The summed E-state index contributed by atoms with van der Waals surface area (Å²) in [5.41, 5.74) is 23.4. The number of carboxylic acid groups (broad SMARTS) is 1. The Morgan fingerprint density at radius 2 is 0.821 bits per heavy atom. The quantitative estimate of drug-likeness (QED) is 0.0265. The van der Waals surface area contributed by atoms with Crippen LogP contribution < -0.4 is 106 Å². The number of carboxylic acids is 1. The Morgan fingerprint density at radius 3 is 1.19 bits per heavy atom. The molecule has 0 amide bonds. The third-order valence-electron chi connectivity index (χ3n) is 12.1. The maximum Gasteiger partial charge on any atom is 1.00 e. The van der Waals surface area contributed by atoms with Crippen LogP contribution in [0.15, 0.2) is 183 Å². The van der Waals surface area contributed by atoms with Crippen LogP contribution in [0.4, 0.5) is 45.5 Å². The summed E-state index contributed by atoms with van der Waals surface area (Å²) in [4.78, 5) is 51.7. The number of nitrogen functional groups attached to an aromatic ring is 2. The van der Waals surface area contributed by atoms with Crippen LogP contribution in [0.5, 0.6) is 5.75 Å². The molecule has 0 saturated heterocycles. The zero-order chi connectivity index (χ0) is 59.4. The second-order valence-electron chi connectivity index (χ2n) is 18.9. The number of phenolic OH excluding ortho intramolecular Hbond substituents is 1. The Morgan fingerprint density at radius 1 is 0.488 bits per heavy atom. The summed E-state index contributed by atoms with van der Waals surface area (Å²) in [5.74, 6) is 0.587. The number of non-ortho nitro benzene ring substituents is 2. The summed E-state index contributed by atoms with van der Waals surface area (Å²) in [6.07, 6.45) is 0. The second kappa shape index (κ2) is 30.6. The first-order valence-corrected chi connectivity index (χ1v) is 26.0. The van der Waals surface area contributed by atoms with E-state index in [1.165, 1.54) is 24.3 Å². The largest absolute Gasteiger partial charge is 1.00 e. The number of oxazole rings is 3. The third kappa shape index (κ3) is 18.1. The van der Waals surface area contributed by atoms with Crippen LogP contribution in [-0.2, 0) is 0 Å². The molecule has 428 valence electrons. The summed E-state index contributed by atoms with van der Waals surface area (Å²) >= 11 is 2.27. The van der Waals surface area contributed by atoms with Gasteiger partial charge in [-0.05, 0) is 162 Å². The Kier molecular flexibility index (Phi) is 24.4. The molecule has 8 aromatic carbocycles. The molecule has 0 atom stereocenters. The number of anilines is 6. The number of phenols is 1. The van der Waals surface area contributed by atoms with Crippen molar-refractivity contribution in [1.29, 1.82) is 0 Å². The van der Waals surface area contributed by atoms with Crippen molar-refractivity contribution < 1.29 is 113 Å². The van der Waals surface area contributed by atoms with E-state index in [0.29, 0.717) is 45.6 Å². The molecular weight excluding hydrogens is 1330 g/mol. The topological polar surface area (TPSA) is 287 Å². The average Bonchev–Trinajstić information content (AvgIpc) is 3.69. The number of nitro groups is 2. The van der Waals surface area contributed by atoms with E-state index < -0.39 is 15.8 Å². The molecule has 0 fully saturated rings. The van der Waals surface area contributed by atoms with Crippen LogP contribution in [-0.4, -0.2) is 97.4 Å². The molecule has 3 heterocycles. The molecule has 84 heavy (non-hydrogen) atoms. The number of halogens is 2. The maximum absolute atomic E-state index is 10.8. The second-order valence-corrected chi connectivity index (χ2v) is 20.1. The van der Waals surface area contributed by atoms with E-state index in [4.69, 9.17) is 34.9 Å². The molecule has 0 aliphatic carbocycles. The van der Waals surface area contributed by atoms with Crippen molar-refractivity contribution in [3.05, 3.63) is 199 Å². The van der Waals surface area contributed by atoms with Gasteiger partial charge in [0.25, 0.3) is 11.4 Å². The number of hydrogen-bond acceptors (Lipinski definition) is 18. The van der Waals surface area contributed by atoms with Crippen LogP contribution in [0.3, 0.4) is 0 Å². The first-order chi connectivity index (χ1) is 39.0. The van der Waals surface area contributed by atoms with Crippen LogP contribution in [0.25, 0.3) is 67.7 Å². The molecule has 24 heteroatoms. The molecule has 0 aliphatic rings. The van der Waals surface area contributed by atoms with Gasteiger partial charge < -0.3 is 78.5 Å². The number of benzene rings is 8. The molecule has 0 bridgehead atoms. The van der Waals surface area contributed by atoms with E-state index >= 15 is 0 Å². The molecule has 11 aromatic rings. The van der Waals surface area contributed by atoms with Gasteiger partial charge in [-0.1, -0.05) is 0 Å². The molecule has 3 aromatic heterocycles. The van der Waals surface area contributed by atoms with Crippen LogP contribution >= 0.6 is 22.6 Å². The molecule has 11 rings (SSSR count). The van der Waals surface area contributed by atoms with Gasteiger partial charge >= 0.3 is 57.4 Å². The summed E-state index contributed by atoms with van der Waals surface area (Å²) in [5, 5.41) is 38.4. The van der Waals surface area contributed by atoms with E-state index in [0.717, 1.165) is 65.7 Å². The monoisotopic (exact) mass is 1390 g/mol. The summed E-state index contributed by atoms with van der Waals surface area (Å²) in [6.45, 7) is 0. The minimum absolute atomic E-state index is 0. The van der Waals surface area contributed by atoms with Gasteiger partial charge in [-0.3, -0.25) is 20.2 Å². The maximum atomic E-state index is 10.8. The fraction of sp³-hybridized carbons (Fsp3) is 0.133. The van der Waals surface area contributed by atoms with Crippen LogP contribution in [0.1, 0.15) is 10.4 Å². The van der Waals surface area contributed by atoms with Gasteiger partial charge in [0.15, 0.2) is 16.7 Å². The van der Waals surface area contributed by atoms with Crippen molar-refractivity contribution in [2.24, 2.45) is 0 Å². The minimum Gasteiger partial charge on any atom is -1.00 e. The third-order valence-corrected chi connectivity index (χ3v) is 12.8. The van der Waals surface area contributed by atoms with E-state index in [2.05, 4.69) is 59.5 Å². The molecule has 21 nitrogen and oxygen atoms in total.